The van der Waals surface area contributed by atoms with Gasteiger partial charge in [-0.1, -0.05) is 13.8 Å². The van der Waals surface area contributed by atoms with Crippen molar-refractivity contribution in [1.29, 1.82) is 0 Å². The van der Waals surface area contributed by atoms with Crippen LogP contribution in [0, 0.1) is 5.92 Å². The summed E-state index contributed by atoms with van der Waals surface area (Å²) in [7, 11) is 0. The fraction of sp³-hybridized carbons (Fsp3) is 0.500. The molecule has 1 aromatic rings. The first-order chi connectivity index (χ1) is 9.99. The summed E-state index contributed by atoms with van der Waals surface area (Å²) < 4.78 is 0. The van der Waals surface area contributed by atoms with Crippen LogP contribution in [0.2, 0.25) is 0 Å². The number of benzene rings is 1. The van der Waals surface area contributed by atoms with Crippen LogP contribution in [-0.4, -0.2) is 42.4 Å². The Labute approximate surface area is 125 Å². The van der Waals surface area contributed by atoms with E-state index in [-0.39, 0.29) is 23.8 Å². The molecule has 0 saturated carbocycles. The van der Waals surface area contributed by atoms with E-state index in [1.54, 1.807) is 24.3 Å². The summed E-state index contributed by atoms with van der Waals surface area (Å²) in [6.45, 7) is 8.12. The van der Waals surface area contributed by atoms with Gasteiger partial charge in [0.2, 0.25) is 5.91 Å². The van der Waals surface area contributed by atoms with Crippen molar-refractivity contribution in [3.8, 4) is 0 Å². The molecule has 1 heterocycles. The van der Waals surface area contributed by atoms with E-state index in [1.807, 2.05) is 25.7 Å². The maximum absolute atomic E-state index is 12.5. The summed E-state index contributed by atoms with van der Waals surface area (Å²) in [5.74, 6) is -0.0384. The molecule has 1 unspecified atom stereocenters. The van der Waals surface area contributed by atoms with Crippen LogP contribution in [0.5, 0.6) is 0 Å². The van der Waals surface area contributed by atoms with Gasteiger partial charge in [-0.3, -0.25) is 9.59 Å². The van der Waals surface area contributed by atoms with Gasteiger partial charge in [0.25, 0.3) is 5.91 Å². The van der Waals surface area contributed by atoms with Gasteiger partial charge in [-0.05, 0) is 31.2 Å². The Morgan fingerprint density at radius 3 is 2.52 bits per heavy atom. The van der Waals surface area contributed by atoms with Crippen LogP contribution in [0.25, 0.3) is 0 Å². The van der Waals surface area contributed by atoms with Crippen LogP contribution in [0.3, 0.4) is 0 Å². The zero-order valence-corrected chi connectivity index (χ0v) is 12.8. The van der Waals surface area contributed by atoms with Crippen molar-refractivity contribution in [3.63, 3.8) is 0 Å². The average Bonchev–Trinajstić information content (AvgIpc) is 2.47. The van der Waals surface area contributed by atoms with Crippen LogP contribution in [-0.2, 0) is 4.79 Å². The van der Waals surface area contributed by atoms with Crippen molar-refractivity contribution in [3.05, 3.63) is 29.8 Å². The second kappa shape index (κ2) is 6.72. The predicted molar refractivity (Wildman–Crippen MR) is 83.3 cm³/mol. The number of piperazine rings is 1. The molecule has 114 valence electrons. The Balaban J connectivity index is 2.04. The summed E-state index contributed by atoms with van der Waals surface area (Å²) in [5, 5.41) is 6.09. The van der Waals surface area contributed by atoms with Gasteiger partial charge in [-0.2, -0.15) is 0 Å². The van der Waals surface area contributed by atoms with E-state index in [4.69, 9.17) is 0 Å². The number of nitrogens with one attached hydrogen (secondary N) is 2. The lowest BCUT2D eigenvalue weighted by atomic mass is 10.1. The molecular formula is C16H23N3O2. The number of hydrogen-bond donors (Lipinski definition) is 2. The summed E-state index contributed by atoms with van der Waals surface area (Å²) >= 11 is 0. The standard InChI is InChI=1S/C16H23N3O2/c1-11(2)15(20)18-14-6-4-13(5-7-14)16(21)19-9-8-17-10-12(19)3/h4-7,11-12,17H,8-10H2,1-3H3,(H,18,20). The van der Waals surface area contributed by atoms with Crippen LogP contribution < -0.4 is 10.6 Å². The summed E-state index contributed by atoms with van der Waals surface area (Å²) in [4.78, 5) is 26.0. The third kappa shape index (κ3) is 3.82. The monoisotopic (exact) mass is 289 g/mol. The smallest absolute Gasteiger partial charge is 0.254 e. The van der Waals surface area contributed by atoms with E-state index < -0.39 is 0 Å². The first-order valence-corrected chi connectivity index (χ1v) is 7.41. The molecule has 1 saturated heterocycles. The molecule has 5 nitrogen and oxygen atoms in total. The topological polar surface area (TPSA) is 61.4 Å². The highest BCUT2D eigenvalue weighted by molar-refractivity contribution is 5.96. The van der Waals surface area contributed by atoms with Gasteiger partial charge in [0.05, 0.1) is 0 Å². The molecule has 1 atom stereocenters. The van der Waals surface area contributed by atoms with Crippen molar-refractivity contribution < 1.29 is 9.59 Å². The van der Waals surface area contributed by atoms with E-state index in [0.29, 0.717) is 5.56 Å². The Morgan fingerprint density at radius 2 is 1.95 bits per heavy atom. The van der Waals surface area contributed by atoms with Gasteiger partial charge in [-0.25, -0.2) is 0 Å². The SMILES string of the molecule is CC(C)C(=O)Nc1ccc(C(=O)N2CCNCC2C)cc1. The second-order valence-electron chi connectivity index (χ2n) is 5.77. The Hall–Kier alpha value is -1.88. The van der Waals surface area contributed by atoms with E-state index >= 15 is 0 Å². The maximum Gasteiger partial charge on any atom is 0.254 e. The molecule has 2 rings (SSSR count). The largest absolute Gasteiger partial charge is 0.333 e. The van der Waals surface area contributed by atoms with E-state index in [1.165, 1.54) is 0 Å². The Morgan fingerprint density at radius 1 is 1.29 bits per heavy atom. The minimum Gasteiger partial charge on any atom is -0.333 e. The van der Waals surface area contributed by atoms with E-state index in [9.17, 15) is 9.59 Å². The van der Waals surface area contributed by atoms with Crippen LogP contribution in [0.4, 0.5) is 5.69 Å². The van der Waals surface area contributed by atoms with E-state index in [2.05, 4.69) is 10.6 Å². The number of amides is 2. The third-order valence-corrected chi connectivity index (χ3v) is 3.69. The highest BCUT2D eigenvalue weighted by Gasteiger charge is 2.23. The van der Waals surface area contributed by atoms with Crippen molar-refractivity contribution in [2.45, 2.75) is 26.8 Å². The number of carbonyl (C=O) groups excluding carboxylic acids is 2. The van der Waals surface area contributed by atoms with Gasteiger partial charge < -0.3 is 15.5 Å². The van der Waals surface area contributed by atoms with Crippen molar-refractivity contribution in [2.75, 3.05) is 25.0 Å². The lowest BCUT2D eigenvalue weighted by Crippen LogP contribution is -2.52. The van der Waals surface area contributed by atoms with Crippen LogP contribution in [0.15, 0.2) is 24.3 Å². The molecule has 2 amide bonds. The van der Waals surface area contributed by atoms with Gasteiger partial charge in [-0.15, -0.1) is 0 Å². The molecule has 0 aliphatic carbocycles. The molecule has 0 aromatic heterocycles. The third-order valence-electron chi connectivity index (χ3n) is 3.69. The lowest BCUT2D eigenvalue weighted by Gasteiger charge is -2.34. The molecule has 1 aliphatic heterocycles. The Kier molecular flexibility index (Phi) is 4.96. The van der Waals surface area contributed by atoms with Gasteiger partial charge in [0.1, 0.15) is 0 Å². The highest BCUT2D eigenvalue weighted by atomic mass is 16.2. The normalized spacial score (nSPS) is 18.7. The molecule has 21 heavy (non-hydrogen) atoms. The number of anilines is 1. The van der Waals surface area contributed by atoms with Gasteiger partial charge in [0.15, 0.2) is 0 Å². The minimum atomic E-state index is -0.0620. The fourth-order valence-corrected chi connectivity index (χ4v) is 2.29. The van der Waals surface area contributed by atoms with E-state index in [0.717, 1.165) is 25.3 Å². The van der Waals surface area contributed by atoms with Crippen molar-refractivity contribution >= 4 is 17.5 Å². The summed E-state index contributed by atoms with van der Waals surface area (Å²) in [6, 6.07) is 7.30. The number of rotatable bonds is 3. The van der Waals surface area contributed by atoms with Crippen molar-refractivity contribution in [1.82, 2.24) is 10.2 Å². The molecule has 0 spiro atoms. The molecular weight excluding hydrogens is 266 g/mol. The average molecular weight is 289 g/mol. The van der Waals surface area contributed by atoms with Crippen LogP contribution in [0.1, 0.15) is 31.1 Å². The maximum atomic E-state index is 12.5. The molecule has 2 N–H and O–H groups in total. The molecule has 0 bridgehead atoms. The molecule has 1 aromatic carbocycles. The van der Waals surface area contributed by atoms with Crippen LogP contribution >= 0.6 is 0 Å². The first kappa shape index (κ1) is 15.5. The number of carbonyl (C=O) groups is 2. The number of nitrogens with zero attached hydrogens (tertiary/aromatic N) is 1. The second-order valence-corrected chi connectivity index (χ2v) is 5.77. The van der Waals surface area contributed by atoms with Gasteiger partial charge >= 0.3 is 0 Å². The van der Waals surface area contributed by atoms with Crippen molar-refractivity contribution in [2.24, 2.45) is 5.92 Å². The molecule has 1 aliphatic rings. The minimum absolute atomic E-state index is 0.0233. The van der Waals surface area contributed by atoms with Gasteiger partial charge in [0, 0.05) is 42.8 Å². The first-order valence-electron chi connectivity index (χ1n) is 7.41. The fourth-order valence-electron chi connectivity index (χ4n) is 2.29. The number of hydrogen-bond acceptors (Lipinski definition) is 3. The quantitative estimate of drug-likeness (QED) is 0.890. The lowest BCUT2D eigenvalue weighted by molar-refractivity contribution is -0.118. The summed E-state index contributed by atoms with van der Waals surface area (Å²) in [5.41, 5.74) is 1.38. The predicted octanol–water partition coefficient (Wildman–Crippen LogP) is 1.71. The summed E-state index contributed by atoms with van der Waals surface area (Å²) in [6.07, 6.45) is 0. The zero-order valence-electron chi connectivity index (χ0n) is 12.8. The molecule has 1 fully saturated rings. The highest BCUT2D eigenvalue weighted by Crippen LogP contribution is 2.14. The molecule has 0 radical (unpaired) electrons. The molecule has 5 heteroatoms. The zero-order chi connectivity index (χ0) is 15.4. The Bertz CT molecular complexity index is 511.